The summed E-state index contributed by atoms with van der Waals surface area (Å²) < 4.78 is 0. The Balaban J connectivity index is 1.46. The summed E-state index contributed by atoms with van der Waals surface area (Å²) in [6.07, 6.45) is 1.87. The summed E-state index contributed by atoms with van der Waals surface area (Å²) in [5, 5.41) is 2.62. The van der Waals surface area contributed by atoms with Gasteiger partial charge in [0.05, 0.1) is 11.2 Å². The van der Waals surface area contributed by atoms with Crippen LogP contribution in [-0.2, 0) is 6.54 Å². The Morgan fingerprint density at radius 2 is 1.72 bits per heavy atom. The van der Waals surface area contributed by atoms with Crippen LogP contribution in [0.5, 0.6) is 0 Å². The molecule has 3 nitrogen and oxygen atoms in total. The molecule has 0 amide bonds. The van der Waals surface area contributed by atoms with Gasteiger partial charge < -0.3 is 4.90 Å². The lowest BCUT2D eigenvalue weighted by atomic mass is 10.1. The molecule has 1 aromatic heterocycles. The van der Waals surface area contributed by atoms with Gasteiger partial charge in [-0.05, 0) is 29.8 Å². The molecule has 0 bridgehead atoms. The first-order chi connectivity index (χ1) is 12.2. The maximum atomic E-state index is 6.31. The van der Waals surface area contributed by atoms with Crippen LogP contribution in [0.4, 0.5) is 5.69 Å². The van der Waals surface area contributed by atoms with E-state index in [0.29, 0.717) is 5.02 Å². The van der Waals surface area contributed by atoms with Gasteiger partial charge in [0.2, 0.25) is 0 Å². The number of halogens is 2. The minimum absolute atomic E-state index is 0.682. The van der Waals surface area contributed by atoms with E-state index in [1.54, 1.807) is 0 Å². The summed E-state index contributed by atoms with van der Waals surface area (Å²) in [6.45, 7) is 4.84. The fraction of sp³-hybridized carbons (Fsp3) is 0.250. The summed E-state index contributed by atoms with van der Waals surface area (Å²) in [5.41, 5.74) is 3.44. The molecule has 5 heteroatoms. The molecular weight excluding hydrogens is 353 g/mol. The zero-order valence-electron chi connectivity index (χ0n) is 13.8. The summed E-state index contributed by atoms with van der Waals surface area (Å²) >= 11 is 12.3. The van der Waals surface area contributed by atoms with Crippen molar-refractivity contribution in [2.75, 3.05) is 31.1 Å². The Bertz CT molecular complexity index is 884. The third kappa shape index (κ3) is 3.59. The van der Waals surface area contributed by atoms with Crippen LogP contribution in [-0.4, -0.2) is 36.1 Å². The van der Waals surface area contributed by atoms with Crippen molar-refractivity contribution in [3.63, 3.8) is 0 Å². The van der Waals surface area contributed by atoms with Gasteiger partial charge in [0.1, 0.15) is 0 Å². The minimum Gasteiger partial charge on any atom is -0.367 e. The van der Waals surface area contributed by atoms with Gasteiger partial charge in [-0.25, -0.2) is 0 Å². The Morgan fingerprint density at radius 1 is 0.920 bits per heavy atom. The molecule has 2 aromatic carbocycles. The summed E-state index contributed by atoms with van der Waals surface area (Å²) in [4.78, 5) is 9.44. The van der Waals surface area contributed by atoms with Gasteiger partial charge in [0.15, 0.2) is 0 Å². The van der Waals surface area contributed by atoms with Gasteiger partial charge in [-0.3, -0.25) is 9.88 Å². The normalized spacial score (nSPS) is 15.7. The van der Waals surface area contributed by atoms with Crippen molar-refractivity contribution in [2.24, 2.45) is 0 Å². The largest absolute Gasteiger partial charge is 0.367 e. The number of fused-ring (bicyclic) bond motifs is 1. The fourth-order valence-corrected chi connectivity index (χ4v) is 3.85. The molecule has 2 heterocycles. The van der Waals surface area contributed by atoms with Gasteiger partial charge in [0, 0.05) is 54.4 Å². The van der Waals surface area contributed by atoms with Gasteiger partial charge in [-0.1, -0.05) is 47.5 Å². The zero-order valence-corrected chi connectivity index (χ0v) is 15.3. The lowest BCUT2D eigenvalue weighted by Crippen LogP contribution is -2.46. The van der Waals surface area contributed by atoms with Crippen molar-refractivity contribution in [3.05, 3.63) is 70.3 Å². The molecule has 25 heavy (non-hydrogen) atoms. The molecule has 0 saturated carbocycles. The van der Waals surface area contributed by atoms with Crippen molar-refractivity contribution in [3.8, 4) is 0 Å². The number of nitrogens with zero attached hydrogens (tertiary/aromatic N) is 3. The molecular formula is C20H19Cl2N3. The van der Waals surface area contributed by atoms with E-state index in [2.05, 4.69) is 39.0 Å². The second kappa shape index (κ2) is 7.20. The van der Waals surface area contributed by atoms with Crippen LogP contribution in [0.25, 0.3) is 10.9 Å². The number of anilines is 1. The summed E-state index contributed by atoms with van der Waals surface area (Å²) in [6, 6.07) is 16.2. The highest BCUT2D eigenvalue weighted by Gasteiger charge is 2.19. The second-order valence-corrected chi connectivity index (χ2v) is 7.19. The van der Waals surface area contributed by atoms with Crippen LogP contribution in [0, 0.1) is 0 Å². The van der Waals surface area contributed by atoms with Crippen LogP contribution in [0.3, 0.4) is 0 Å². The number of para-hydroxylation sites is 1. The molecule has 3 aromatic rings. The van der Waals surface area contributed by atoms with Gasteiger partial charge in [-0.2, -0.15) is 0 Å². The monoisotopic (exact) mass is 371 g/mol. The van der Waals surface area contributed by atoms with Crippen LogP contribution < -0.4 is 4.90 Å². The maximum absolute atomic E-state index is 6.31. The fourth-order valence-electron chi connectivity index (χ4n) is 3.38. The molecule has 0 radical (unpaired) electrons. The van der Waals surface area contributed by atoms with Gasteiger partial charge in [0.25, 0.3) is 0 Å². The highest BCUT2D eigenvalue weighted by atomic mass is 35.5. The smallest absolute Gasteiger partial charge is 0.0935 e. The molecule has 1 aliphatic rings. The molecule has 1 aliphatic heterocycles. The first-order valence-electron chi connectivity index (χ1n) is 8.46. The van der Waals surface area contributed by atoms with E-state index in [9.17, 15) is 0 Å². The highest BCUT2D eigenvalue weighted by Crippen LogP contribution is 2.27. The first-order valence-corrected chi connectivity index (χ1v) is 9.21. The number of pyridine rings is 1. The van der Waals surface area contributed by atoms with Crippen molar-refractivity contribution in [1.29, 1.82) is 0 Å². The van der Waals surface area contributed by atoms with Crippen LogP contribution in [0.1, 0.15) is 5.56 Å². The molecule has 1 saturated heterocycles. The molecule has 128 valence electrons. The van der Waals surface area contributed by atoms with Gasteiger partial charge in [-0.15, -0.1) is 0 Å². The number of rotatable bonds is 3. The number of aromatic nitrogens is 1. The minimum atomic E-state index is 0.682. The quantitative estimate of drug-likeness (QED) is 0.654. The third-order valence-corrected chi connectivity index (χ3v) is 5.32. The van der Waals surface area contributed by atoms with Crippen molar-refractivity contribution in [1.82, 2.24) is 9.88 Å². The standard InChI is InChI=1S/C20H19Cl2N3/c21-17-7-6-16(18(22)13-17)14-24-9-11-25(12-10-24)19-5-1-3-15-4-2-8-23-20(15)19/h1-8,13H,9-12,14H2. The van der Waals surface area contributed by atoms with E-state index in [1.165, 1.54) is 11.1 Å². The molecule has 0 atom stereocenters. The van der Waals surface area contributed by atoms with Crippen molar-refractivity contribution >= 4 is 39.8 Å². The number of hydrogen-bond donors (Lipinski definition) is 0. The number of benzene rings is 2. The van der Waals surface area contributed by atoms with Crippen LogP contribution in [0.15, 0.2) is 54.7 Å². The Morgan fingerprint density at radius 3 is 2.52 bits per heavy atom. The van der Waals surface area contributed by atoms with Crippen molar-refractivity contribution < 1.29 is 0 Å². The Labute approximate surface area is 157 Å². The summed E-state index contributed by atoms with van der Waals surface area (Å²) in [5.74, 6) is 0. The van der Waals surface area contributed by atoms with Gasteiger partial charge >= 0.3 is 0 Å². The SMILES string of the molecule is Clc1ccc(CN2CCN(c3cccc4cccnc34)CC2)c(Cl)c1. The lowest BCUT2D eigenvalue weighted by molar-refractivity contribution is 0.250. The molecule has 4 rings (SSSR count). The van der Waals surface area contributed by atoms with Crippen LogP contribution >= 0.6 is 23.2 Å². The van der Waals surface area contributed by atoms with E-state index in [0.717, 1.165) is 48.8 Å². The maximum Gasteiger partial charge on any atom is 0.0935 e. The highest BCUT2D eigenvalue weighted by molar-refractivity contribution is 6.35. The lowest BCUT2D eigenvalue weighted by Gasteiger charge is -2.36. The number of piperazine rings is 1. The van der Waals surface area contributed by atoms with E-state index in [-0.39, 0.29) is 0 Å². The van der Waals surface area contributed by atoms with E-state index < -0.39 is 0 Å². The molecule has 0 aliphatic carbocycles. The Kier molecular flexibility index (Phi) is 4.80. The predicted octanol–water partition coefficient (Wildman–Crippen LogP) is 4.86. The Hall–Kier alpha value is -1.81. The second-order valence-electron chi connectivity index (χ2n) is 6.35. The molecule has 0 unspecified atom stereocenters. The third-order valence-electron chi connectivity index (χ3n) is 4.73. The predicted molar refractivity (Wildman–Crippen MR) is 106 cm³/mol. The van der Waals surface area contributed by atoms with E-state index in [4.69, 9.17) is 23.2 Å². The topological polar surface area (TPSA) is 19.4 Å². The number of hydrogen-bond acceptors (Lipinski definition) is 3. The summed E-state index contributed by atoms with van der Waals surface area (Å²) in [7, 11) is 0. The molecule has 0 N–H and O–H groups in total. The van der Waals surface area contributed by atoms with E-state index in [1.807, 2.05) is 30.5 Å². The van der Waals surface area contributed by atoms with E-state index >= 15 is 0 Å². The average molecular weight is 372 g/mol. The first kappa shape index (κ1) is 16.6. The van der Waals surface area contributed by atoms with Crippen molar-refractivity contribution in [2.45, 2.75) is 6.54 Å². The molecule has 1 fully saturated rings. The van der Waals surface area contributed by atoms with Crippen LogP contribution in [0.2, 0.25) is 10.0 Å². The average Bonchev–Trinajstić information content (AvgIpc) is 2.64. The zero-order chi connectivity index (χ0) is 17.2. The molecule has 0 spiro atoms.